The summed E-state index contributed by atoms with van der Waals surface area (Å²) >= 11 is 6.08. The van der Waals surface area contributed by atoms with Crippen LogP contribution in [0.15, 0.2) is 18.2 Å². The second-order valence-electron chi connectivity index (χ2n) is 4.51. The molecular formula is C12H13ClN2O. The van der Waals surface area contributed by atoms with E-state index in [0.717, 1.165) is 23.8 Å². The van der Waals surface area contributed by atoms with Crippen molar-refractivity contribution in [2.24, 2.45) is 5.92 Å². The van der Waals surface area contributed by atoms with Gasteiger partial charge in [0.2, 0.25) is 5.91 Å². The van der Waals surface area contributed by atoms with Crippen molar-refractivity contribution >= 4 is 28.9 Å². The van der Waals surface area contributed by atoms with Gasteiger partial charge < -0.3 is 10.2 Å². The van der Waals surface area contributed by atoms with Crippen LogP contribution in [-0.2, 0) is 4.79 Å². The number of hydrogen-bond donors (Lipinski definition) is 1. The molecule has 0 spiro atoms. The van der Waals surface area contributed by atoms with E-state index in [4.69, 9.17) is 11.6 Å². The maximum absolute atomic E-state index is 11.6. The molecule has 0 atom stereocenters. The van der Waals surface area contributed by atoms with Gasteiger partial charge in [0.05, 0.1) is 22.9 Å². The van der Waals surface area contributed by atoms with Gasteiger partial charge in [0.15, 0.2) is 0 Å². The highest BCUT2D eigenvalue weighted by Crippen LogP contribution is 2.38. The second kappa shape index (κ2) is 3.67. The predicted octanol–water partition coefficient (Wildman–Crippen LogP) is 2.51. The Bertz CT molecular complexity index is 443. The van der Waals surface area contributed by atoms with E-state index in [1.165, 1.54) is 12.8 Å². The van der Waals surface area contributed by atoms with Crippen LogP contribution in [0.4, 0.5) is 11.4 Å². The molecule has 16 heavy (non-hydrogen) atoms. The van der Waals surface area contributed by atoms with Crippen molar-refractivity contribution in [3.63, 3.8) is 0 Å². The monoisotopic (exact) mass is 236 g/mol. The van der Waals surface area contributed by atoms with Crippen LogP contribution in [0.2, 0.25) is 5.02 Å². The van der Waals surface area contributed by atoms with E-state index in [-0.39, 0.29) is 5.91 Å². The van der Waals surface area contributed by atoms with E-state index < -0.39 is 0 Å². The average molecular weight is 237 g/mol. The van der Waals surface area contributed by atoms with Crippen molar-refractivity contribution in [3.05, 3.63) is 23.2 Å². The predicted molar refractivity (Wildman–Crippen MR) is 65.0 cm³/mol. The number of carbonyl (C=O) groups is 1. The third-order valence-corrected chi connectivity index (χ3v) is 3.42. The van der Waals surface area contributed by atoms with Gasteiger partial charge in [-0.05, 0) is 30.9 Å². The number of halogens is 1. The van der Waals surface area contributed by atoms with Crippen LogP contribution in [-0.4, -0.2) is 19.0 Å². The van der Waals surface area contributed by atoms with Gasteiger partial charge in [-0.1, -0.05) is 17.7 Å². The summed E-state index contributed by atoms with van der Waals surface area (Å²) < 4.78 is 0. The Hall–Kier alpha value is -1.22. The fourth-order valence-electron chi connectivity index (χ4n) is 2.11. The maximum atomic E-state index is 11.6. The first-order chi connectivity index (χ1) is 7.74. The highest BCUT2D eigenvalue weighted by molar-refractivity contribution is 6.34. The zero-order valence-corrected chi connectivity index (χ0v) is 9.63. The summed E-state index contributed by atoms with van der Waals surface area (Å²) in [6.45, 7) is 1.42. The van der Waals surface area contributed by atoms with E-state index in [1.807, 2.05) is 12.1 Å². The summed E-state index contributed by atoms with van der Waals surface area (Å²) in [6.07, 6.45) is 2.57. The van der Waals surface area contributed by atoms with Gasteiger partial charge in [-0.3, -0.25) is 4.79 Å². The SMILES string of the molecule is O=C1CN(CC2CC2)c2cccc(Cl)c2N1. The number of nitrogens with one attached hydrogen (secondary N) is 1. The first kappa shape index (κ1) is 9.97. The summed E-state index contributed by atoms with van der Waals surface area (Å²) in [5.74, 6) is 0.791. The molecule has 0 radical (unpaired) electrons. The number of carbonyl (C=O) groups excluding carboxylic acids is 1. The lowest BCUT2D eigenvalue weighted by molar-refractivity contribution is -0.115. The third kappa shape index (κ3) is 1.76. The standard InChI is InChI=1S/C12H13ClN2O/c13-9-2-1-3-10-12(9)14-11(16)7-15(10)6-8-4-5-8/h1-3,8H,4-7H2,(H,14,16). The Morgan fingerprint density at radius 3 is 3.00 bits per heavy atom. The molecular weight excluding hydrogens is 224 g/mol. The summed E-state index contributed by atoms with van der Waals surface area (Å²) in [4.78, 5) is 13.7. The number of amides is 1. The van der Waals surface area contributed by atoms with Crippen LogP contribution >= 0.6 is 11.6 Å². The van der Waals surface area contributed by atoms with Gasteiger partial charge in [0.1, 0.15) is 0 Å². The van der Waals surface area contributed by atoms with E-state index in [9.17, 15) is 4.79 Å². The molecule has 1 amide bonds. The van der Waals surface area contributed by atoms with Crippen molar-refractivity contribution in [3.8, 4) is 0 Å². The summed E-state index contributed by atoms with van der Waals surface area (Å²) in [5.41, 5.74) is 1.82. The number of rotatable bonds is 2. The Labute approximate surface area is 99.4 Å². The maximum Gasteiger partial charge on any atom is 0.243 e. The Kier molecular flexibility index (Phi) is 2.28. The number of benzene rings is 1. The van der Waals surface area contributed by atoms with Crippen LogP contribution < -0.4 is 10.2 Å². The molecule has 1 fully saturated rings. The fraction of sp³-hybridized carbons (Fsp3) is 0.417. The molecule has 2 aliphatic rings. The Morgan fingerprint density at radius 2 is 2.25 bits per heavy atom. The number of anilines is 2. The highest BCUT2D eigenvalue weighted by atomic mass is 35.5. The van der Waals surface area contributed by atoms with Gasteiger partial charge in [-0.25, -0.2) is 0 Å². The van der Waals surface area contributed by atoms with Gasteiger partial charge >= 0.3 is 0 Å². The Morgan fingerprint density at radius 1 is 1.44 bits per heavy atom. The molecule has 1 saturated carbocycles. The minimum atomic E-state index is 0.0289. The molecule has 1 aromatic carbocycles. The number of nitrogens with zero attached hydrogens (tertiary/aromatic N) is 1. The topological polar surface area (TPSA) is 32.3 Å². The molecule has 1 aliphatic carbocycles. The Balaban J connectivity index is 1.96. The van der Waals surface area contributed by atoms with Crippen molar-refractivity contribution in [2.75, 3.05) is 23.3 Å². The highest BCUT2D eigenvalue weighted by Gasteiger charge is 2.29. The molecule has 0 bridgehead atoms. The van der Waals surface area contributed by atoms with Gasteiger partial charge in [-0.2, -0.15) is 0 Å². The molecule has 0 saturated heterocycles. The minimum absolute atomic E-state index is 0.0289. The normalized spacial score (nSPS) is 19.3. The molecule has 1 N–H and O–H groups in total. The minimum Gasteiger partial charge on any atom is -0.360 e. The molecule has 0 aromatic heterocycles. The summed E-state index contributed by atoms with van der Waals surface area (Å²) in [5, 5.41) is 3.46. The average Bonchev–Trinajstić information content (AvgIpc) is 3.03. The van der Waals surface area contributed by atoms with Gasteiger partial charge in [-0.15, -0.1) is 0 Å². The van der Waals surface area contributed by atoms with E-state index in [2.05, 4.69) is 10.2 Å². The lowest BCUT2D eigenvalue weighted by Crippen LogP contribution is -2.39. The third-order valence-electron chi connectivity index (χ3n) is 3.11. The number of para-hydroxylation sites is 1. The van der Waals surface area contributed by atoms with E-state index in [1.54, 1.807) is 6.07 Å². The molecule has 1 aromatic rings. The molecule has 3 rings (SSSR count). The summed E-state index contributed by atoms with van der Waals surface area (Å²) in [6, 6.07) is 5.75. The van der Waals surface area contributed by atoms with Crippen molar-refractivity contribution in [2.45, 2.75) is 12.8 Å². The van der Waals surface area contributed by atoms with Crippen LogP contribution in [0.3, 0.4) is 0 Å². The van der Waals surface area contributed by atoms with Gasteiger partial charge in [0, 0.05) is 6.54 Å². The van der Waals surface area contributed by atoms with Crippen molar-refractivity contribution < 1.29 is 4.79 Å². The zero-order chi connectivity index (χ0) is 11.1. The van der Waals surface area contributed by atoms with Crippen molar-refractivity contribution in [1.29, 1.82) is 0 Å². The molecule has 84 valence electrons. The van der Waals surface area contributed by atoms with Crippen molar-refractivity contribution in [1.82, 2.24) is 0 Å². The molecule has 4 heteroatoms. The van der Waals surface area contributed by atoms with E-state index in [0.29, 0.717) is 11.6 Å². The van der Waals surface area contributed by atoms with Crippen LogP contribution in [0.1, 0.15) is 12.8 Å². The van der Waals surface area contributed by atoms with Crippen LogP contribution in [0, 0.1) is 5.92 Å². The van der Waals surface area contributed by atoms with Crippen LogP contribution in [0.25, 0.3) is 0 Å². The lowest BCUT2D eigenvalue weighted by atomic mass is 10.2. The summed E-state index contributed by atoms with van der Waals surface area (Å²) in [7, 11) is 0. The van der Waals surface area contributed by atoms with E-state index >= 15 is 0 Å². The second-order valence-corrected chi connectivity index (χ2v) is 4.91. The first-order valence-corrected chi connectivity index (χ1v) is 5.95. The molecule has 1 heterocycles. The smallest absolute Gasteiger partial charge is 0.243 e. The number of hydrogen-bond acceptors (Lipinski definition) is 2. The largest absolute Gasteiger partial charge is 0.360 e. The first-order valence-electron chi connectivity index (χ1n) is 5.57. The number of fused-ring (bicyclic) bond motifs is 1. The molecule has 1 aliphatic heterocycles. The molecule has 0 unspecified atom stereocenters. The van der Waals surface area contributed by atoms with Crippen LogP contribution in [0.5, 0.6) is 0 Å². The lowest BCUT2D eigenvalue weighted by Gasteiger charge is -2.31. The molecule has 3 nitrogen and oxygen atoms in total. The zero-order valence-electron chi connectivity index (χ0n) is 8.87. The fourth-order valence-corrected chi connectivity index (χ4v) is 2.33. The van der Waals surface area contributed by atoms with Gasteiger partial charge in [0.25, 0.3) is 0 Å². The quantitative estimate of drug-likeness (QED) is 0.856.